The summed E-state index contributed by atoms with van der Waals surface area (Å²) in [5.41, 5.74) is 1.25. The van der Waals surface area contributed by atoms with Gasteiger partial charge in [-0.1, -0.05) is 30.3 Å². The van der Waals surface area contributed by atoms with E-state index in [0.29, 0.717) is 23.1 Å². The minimum Gasteiger partial charge on any atom is -0.481 e. The number of hydrogen-bond donors (Lipinski definition) is 0. The summed E-state index contributed by atoms with van der Waals surface area (Å²) in [5, 5.41) is 0. The van der Waals surface area contributed by atoms with E-state index in [0.717, 1.165) is 5.56 Å². The van der Waals surface area contributed by atoms with Gasteiger partial charge in [0.15, 0.2) is 12.4 Å². The number of benzene rings is 1. The van der Waals surface area contributed by atoms with E-state index in [4.69, 9.17) is 13.9 Å². The molecular formula is C17H14N2O4. The molecule has 0 radical (unpaired) electrons. The number of methoxy groups -OCH3 is 1. The average Bonchev–Trinajstić information content (AvgIpc) is 3.09. The zero-order valence-electron chi connectivity index (χ0n) is 12.4. The first-order valence-corrected chi connectivity index (χ1v) is 6.93. The van der Waals surface area contributed by atoms with Crippen molar-refractivity contribution in [2.75, 3.05) is 7.11 Å². The Morgan fingerprint density at radius 1 is 1.09 bits per heavy atom. The fraction of sp³-hybridized carbons (Fsp3) is 0.118. The van der Waals surface area contributed by atoms with Crippen molar-refractivity contribution in [3.8, 4) is 17.2 Å². The van der Waals surface area contributed by atoms with Crippen molar-refractivity contribution in [1.82, 2.24) is 9.97 Å². The molecule has 0 N–H and O–H groups in total. The summed E-state index contributed by atoms with van der Waals surface area (Å²) in [4.78, 5) is 20.0. The normalized spacial score (nSPS) is 10.3. The van der Waals surface area contributed by atoms with Crippen molar-refractivity contribution in [1.29, 1.82) is 0 Å². The summed E-state index contributed by atoms with van der Waals surface area (Å²) in [6.45, 7) is -0.0440. The minimum absolute atomic E-state index is 0.0440. The minimum atomic E-state index is -0.500. The van der Waals surface area contributed by atoms with Crippen LogP contribution in [0.15, 0.2) is 59.3 Å². The van der Waals surface area contributed by atoms with Crippen LogP contribution < -0.4 is 4.74 Å². The second-order valence-electron chi connectivity index (χ2n) is 4.65. The first-order valence-electron chi connectivity index (χ1n) is 6.93. The molecule has 0 aliphatic carbocycles. The highest BCUT2D eigenvalue weighted by Gasteiger charge is 2.11. The third kappa shape index (κ3) is 3.55. The quantitative estimate of drug-likeness (QED) is 0.674. The monoisotopic (exact) mass is 310 g/mol. The molecule has 0 fully saturated rings. The van der Waals surface area contributed by atoms with E-state index in [2.05, 4.69) is 9.97 Å². The van der Waals surface area contributed by atoms with Gasteiger partial charge in [-0.15, -0.1) is 0 Å². The number of hydrogen-bond acceptors (Lipinski definition) is 6. The second-order valence-corrected chi connectivity index (χ2v) is 4.65. The van der Waals surface area contributed by atoms with Crippen LogP contribution in [-0.2, 0) is 11.3 Å². The van der Waals surface area contributed by atoms with Crippen molar-refractivity contribution in [2.45, 2.75) is 6.61 Å². The topological polar surface area (TPSA) is 74.5 Å². The van der Waals surface area contributed by atoms with Gasteiger partial charge in [0.2, 0.25) is 11.8 Å². The Hall–Kier alpha value is -3.15. The lowest BCUT2D eigenvalue weighted by Crippen LogP contribution is -2.06. The first-order chi connectivity index (χ1) is 11.3. The molecule has 0 saturated carbocycles. The standard InChI is InChI=1S/C17H14N2O4/c1-21-15-8-7-13(9-18-15)17(20)22-11-16-19-10-14(23-16)12-5-3-2-4-6-12/h2-10H,11H2,1H3. The second kappa shape index (κ2) is 6.74. The summed E-state index contributed by atoms with van der Waals surface area (Å²) in [5.74, 6) is 0.891. The molecule has 6 heteroatoms. The lowest BCUT2D eigenvalue weighted by atomic mass is 10.2. The van der Waals surface area contributed by atoms with Crippen molar-refractivity contribution in [2.24, 2.45) is 0 Å². The summed E-state index contributed by atoms with van der Waals surface area (Å²) in [7, 11) is 1.51. The van der Waals surface area contributed by atoms with E-state index in [1.54, 1.807) is 18.3 Å². The van der Waals surface area contributed by atoms with Gasteiger partial charge in [-0.25, -0.2) is 14.8 Å². The van der Waals surface area contributed by atoms with Crippen molar-refractivity contribution in [3.63, 3.8) is 0 Å². The molecule has 23 heavy (non-hydrogen) atoms. The molecule has 0 atom stereocenters. The van der Waals surface area contributed by atoms with Crippen LogP contribution in [0.4, 0.5) is 0 Å². The van der Waals surface area contributed by atoms with Crippen LogP contribution >= 0.6 is 0 Å². The fourth-order valence-corrected chi connectivity index (χ4v) is 1.95. The van der Waals surface area contributed by atoms with Gasteiger partial charge in [0, 0.05) is 17.8 Å². The summed E-state index contributed by atoms with van der Waals surface area (Å²) >= 11 is 0. The van der Waals surface area contributed by atoms with Crippen LogP contribution in [0, 0.1) is 0 Å². The number of carbonyl (C=O) groups is 1. The number of pyridine rings is 1. The molecular weight excluding hydrogens is 296 g/mol. The first kappa shape index (κ1) is 14.8. The SMILES string of the molecule is COc1ccc(C(=O)OCc2ncc(-c3ccccc3)o2)cn1. The van der Waals surface area contributed by atoms with E-state index in [-0.39, 0.29) is 6.61 Å². The molecule has 1 aromatic carbocycles. The van der Waals surface area contributed by atoms with Crippen LogP contribution in [0.5, 0.6) is 5.88 Å². The molecule has 3 aromatic rings. The summed E-state index contributed by atoms with van der Waals surface area (Å²) < 4.78 is 15.7. The maximum Gasteiger partial charge on any atom is 0.340 e. The van der Waals surface area contributed by atoms with Gasteiger partial charge in [0.05, 0.1) is 18.9 Å². The van der Waals surface area contributed by atoms with Gasteiger partial charge in [-0.2, -0.15) is 0 Å². The highest BCUT2D eigenvalue weighted by atomic mass is 16.5. The zero-order valence-corrected chi connectivity index (χ0v) is 12.4. The number of nitrogens with zero attached hydrogens (tertiary/aromatic N) is 2. The number of carbonyl (C=O) groups excluding carboxylic acids is 1. The molecule has 0 amide bonds. The van der Waals surface area contributed by atoms with Gasteiger partial charge in [0.25, 0.3) is 0 Å². The molecule has 6 nitrogen and oxygen atoms in total. The van der Waals surface area contributed by atoms with E-state index < -0.39 is 5.97 Å². The maximum atomic E-state index is 11.9. The fourth-order valence-electron chi connectivity index (χ4n) is 1.95. The van der Waals surface area contributed by atoms with E-state index in [9.17, 15) is 4.79 Å². The molecule has 116 valence electrons. The molecule has 0 aliphatic rings. The van der Waals surface area contributed by atoms with Gasteiger partial charge >= 0.3 is 5.97 Å². The smallest absolute Gasteiger partial charge is 0.340 e. The molecule has 3 rings (SSSR count). The predicted octanol–water partition coefficient (Wildman–Crippen LogP) is 3.10. The molecule has 0 saturated heterocycles. The predicted molar refractivity (Wildman–Crippen MR) is 81.8 cm³/mol. The summed E-state index contributed by atoms with van der Waals surface area (Å²) in [6.07, 6.45) is 3.00. The Balaban J connectivity index is 1.62. The van der Waals surface area contributed by atoms with Crippen molar-refractivity contribution >= 4 is 5.97 Å². The molecule has 0 aliphatic heterocycles. The molecule has 0 unspecified atom stereocenters. The zero-order chi connectivity index (χ0) is 16.1. The Kier molecular flexibility index (Phi) is 4.33. The van der Waals surface area contributed by atoms with Crippen LogP contribution in [0.25, 0.3) is 11.3 Å². The van der Waals surface area contributed by atoms with Crippen molar-refractivity contribution in [3.05, 3.63) is 66.3 Å². The number of ether oxygens (including phenoxy) is 2. The van der Waals surface area contributed by atoms with E-state index in [1.165, 1.54) is 13.3 Å². The van der Waals surface area contributed by atoms with Crippen LogP contribution in [-0.4, -0.2) is 23.0 Å². The summed E-state index contributed by atoms with van der Waals surface area (Å²) in [6, 6.07) is 12.8. The largest absolute Gasteiger partial charge is 0.481 e. The van der Waals surface area contributed by atoms with Gasteiger partial charge in [-0.05, 0) is 6.07 Å². The Morgan fingerprint density at radius 2 is 1.91 bits per heavy atom. The number of aromatic nitrogens is 2. The Bertz CT molecular complexity index is 782. The van der Waals surface area contributed by atoms with Crippen LogP contribution in [0.1, 0.15) is 16.2 Å². The highest BCUT2D eigenvalue weighted by molar-refractivity contribution is 5.89. The molecule has 2 heterocycles. The maximum absolute atomic E-state index is 11.9. The molecule has 0 bridgehead atoms. The van der Waals surface area contributed by atoms with Crippen LogP contribution in [0.2, 0.25) is 0 Å². The van der Waals surface area contributed by atoms with E-state index in [1.807, 2.05) is 30.3 Å². The van der Waals surface area contributed by atoms with Crippen LogP contribution in [0.3, 0.4) is 0 Å². The van der Waals surface area contributed by atoms with Gasteiger partial charge in [-0.3, -0.25) is 0 Å². The van der Waals surface area contributed by atoms with Gasteiger partial charge < -0.3 is 13.9 Å². The van der Waals surface area contributed by atoms with E-state index >= 15 is 0 Å². The lowest BCUT2D eigenvalue weighted by Gasteiger charge is -2.03. The van der Waals surface area contributed by atoms with Crippen molar-refractivity contribution < 1.29 is 18.7 Å². The number of rotatable bonds is 5. The average molecular weight is 310 g/mol. The lowest BCUT2D eigenvalue weighted by molar-refractivity contribution is 0.0438. The molecule has 2 aromatic heterocycles. The third-order valence-electron chi connectivity index (χ3n) is 3.12. The number of esters is 1. The molecule has 0 spiro atoms. The van der Waals surface area contributed by atoms with Gasteiger partial charge in [0.1, 0.15) is 0 Å². The third-order valence-corrected chi connectivity index (χ3v) is 3.12. The highest BCUT2D eigenvalue weighted by Crippen LogP contribution is 2.20. The number of oxazole rings is 1. The Labute approximate surface area is 132 Å². The Morgan fingerprint density at radius 3 is 2.61 bits per heavy atom.